The number of halogens is 1. The van der Waals surface area contributed by atoms with Gasteiger partial charge in [0.15, 0.2) is 0 Å². The van der Waals surface area contributed by atoms with E-state index in [0.717, 1.165) is 252 Å². The molecule has 5 aromatic carbocycles. The fraction of sp³-hybridized carbons (Fsp3) is 0.615. The van der Waals surface area contributed by atoms with E-state index in [1.54, 1.807) is 6.20 Å². The molecule has 5 saturated carbocycles. The van der Waals surface area contributed by atoms with E-state index in [1.807, 2.05) is 87.2 Å². The molecule has 5 aliphatic carbocycles. The maximum absolute atomic E-state index is 13.0. The van der Waals surface area contributed by atoms with Crippen molar-refractivity contribution in [2.24, 2.45) is 10.7 Å². The first-order valence-corrected chi connectivity index (χ1v) is 69.8. The number of aromatic amines is 1. The van der Waals surface area contributed by atoms with Gasteiger partial charge in [0, 0.05) is 137 Å². The number of nitrogens with two attached hydrogens (primary N) is 1. The van der Waals surface area contributed by atoms with Crippen LogP contribution in [0.4, 0.5) is 28.4 Å². The van der Waals surface area contributed by atoms with Crippen LogP contribution in [0.1, 0.15) is 178 Å². The first-order chi connectivity index (χ1) is 65.3. The smallest absolute Gasteiger partial charge is 0.249 e. The van der Waals surface area contributed by atoms with Gasteiger partial charge in [-0.05, 0) is 190 Å². The predicted molar refractivity (Wildman–Crippen MR) is 574 cm³/mol. The number of aromatic nitrogens is 8. The van der Waals surface area contributed by atoms with E-state index in [0.29, 0.717) is 52.1 Å². The Morgan fingerprint density at radius 3 is 1.34 bits per heavy atom. The minimum atomic E-state index is -1.08. The van der Waals surface area contributed by atoms with E-state index in [4.69, 9.17) is 46.0 Å². The number of primary amides is 1. The average Bonchev–Trinajstić information content (AvgIpc) is 1.61. The molecule has 1 unspecified atom stereocenters. The molecule has 33 heteroatoms. The number of carbonyl (C=O) groups excluding carboxylic acids is 3. The lowest BCUT2D eigenvalue weighted by Crippen LogP contribution is -2.51. The van der Waals surface area contributed by atoms with Crippen LogP contribution in [-0.2, 0) is 58.3 Å². The Labute approximate surface area is 825 Å². The Bertz CT molecular complexity index is 5530. The molecule has 2 spiro atoms. The van der Waals surface area contributed by atoms with Crippen LogP contribution in [-0.4, -0.2) is 203 Å². The van der Waals surface area contributed by atoms with Gasteiger partial charge in [0.25, 0.3) is 0 Å². The molecular weight excluding hydrogens is 1820 g/mol. The minimum absolute atomic E-state index is 0.104. The van der Waals surface area contributed by atoms with Crippen LogP contribution in [0.25, 0.3) is 43.6 Å². The second-order valence-corrected chi connectivity index (χ2v) is 73.8. The molecule has 3 aliphatic heterocycles. The van der Waals surface area contributed by atoms with E-state index in [-0.39, 0.29) is 34.5 Å². The Hall–Kier alpha value is -8.79. The third kappa shape index (κ3) is 29.9. The van der Waals surface area contributed by atoms with Crippen LogP contribution in [0.3, 0.4) is 0 Å². The van der Waals surface area contributed by atoms with Crippen LogP contribution in [0.15, 0.2) is 121 Å². The molecule has 17 rings (SSSR count). The first kappa shape index (κ1) is 107. The zero-order valence-electron chi connectivity index (χ0n) is 85.4. The fourth-order valence-corrected chi connectivity index (χ4v) is 23.6. The van der Waals surface area contributed by atoms with Crippen molar-refractivity contribution in [3.63, 3.8) is 0 Å². The molecule has 137 heavy (non-hydrogen) atoms. The molecule has 7 fully saturated rings. The minimum Gasteiger partial charge on any atom is -0.379 e. The number of H-pyrrole nitrogens is 1. The van der Waals surface area contributed by atoms with E-state index in [1.165, 1.54) is 55.3 Å². The highest BCUT2D eigenvalue weighted by atomic mass is 35.5. The summed E-state index contributed by atoms with van der Waals surface area (Å²) in [6.45, 7) is 42.7. The number of hydrogen-bond donors (Lipinski definition) is 6. The summed E-state index contributed by atoms with van der Waals surface area (Å²) in [5.41, 5.74) is 15.4. The molecule has 4 aromatic heterocycles. The van der Waals surface area contributed by atoms with Gasteiger partial charge in [0.1, 0.15) is 54.0 Å². The number of nitrogens with one attached hydrogen (secondary N) is 5. The molecule has 3 amide bonds. The van der Waals surface area contributed by atoms with Crippen LogP contribution >= 0.6 is 11.6 Å². The van der Waals surface area contributed by atoms with Crippen LogP contribution in [0.5, 0.6) is 0 Å². The summed E-state index contributed by atoms with van der Waals surface area (Å²) in [5.74, 6) is 0.229. The zero-order chi connectivity index (χ0) is 98.3. The number of carbonyl (C=O) groups is 3. The topological polar surface area (TPSA) is 323 Å². The summed E-state index contributed by atoms with van der Waals surface area (Å²) in [6, 6.07) is 42.7. The number of nitrogens with zero attached hydrogens (tertiary/aromatic N) is 13. The number of ether oxygens (including phenoxy) is 5. The van der Waals surface area contributed by atoms with Gasteiger partial charge in [-0.3, -0.25) is 24.5 Å². The van der Waals surface area contributed by atoms with Gasteiger partial charge >= 0.3 is 0 Å². The molecule has 9 aromatic rings. The van der Waals surface area contributed by atoms with E-state index in [2.05, 4.69) is 222 Å². The van der Waals surface area contributed by atoms with E-state index in [9.17, 15) is 24.9 Å². The van der Waals surface area contributed by atoms with Gasteiger partial charge in [-0.15, -0.1) is 0 Å². The Balaban J connectivity index is 0.000000151. The molecule has 0 radical (unpaired) electrons. The molecule has 27 nitrogen and oxygen atoms in total. The standard InChI is InChI=1S/C23H35N3O2Si.C21H32N4O2Si.C20H32N4O2Si.C20H30N4OSi.C14H16N4.C6H15ClOSi/c1-25-17-26(23(22(25)27)10-6-5-7-11-23)19-8-9-20-18(14-19)15-24-21(20)16-28-12-13-29(2,3)4;1-28(2,3)12-11-27-16-25-19-8-7-18(13-17(19)14-23-25)24-15-22-20(26)21(24)9-5-4-6-10-21;1-27(2,3)12-11-26-15-24-18-8-7-17(13-16(18)14-22-24)23-20(19(21)25)9-5-4-6-10-20;1-26(2,3)12-11-25-16-24-19-8-7-18(13-17(19)14-22-24)23-20(15-21)9-5-4-6-10-20;15-10-14(6-2-1-3-7-14)17-12-4-5-13-11(8-12)9-16-18-13;1-9(2,3)5-4-8-6-7/h8-9,14-15,21H,5-7,10-13,16-17H2,1-4H3;7-8,13-14H,4-6,9-12,15-16H2,1-3H3,(H,22,26);7-8,13-14,23H,4-6,9-12,15H2,1-3H3,(H2,21,25);7-8,13-14,23H,4-6,9-12,16H2,1-3H3;4-5,8-9,17H,1-3,6-7H2,(H,16,18);4-6H2,1-3H3. The van der Waals surface area contributed by atoms with Gasteiger partial charge in [-0.2, -0.15) is 30.9 Å². The third-order valence-corrected chi connectivity index (χ3v) is 36.9. The molecule has 8 aliphatic rings. The normalized spacial score (nSPS) is 18.8. The van der Waals surface area contributed by atoms with Crippen molar-refractivity contribution in [2.45, 2.75) is 343 Å². The van der Waals surface area contributed by atoms with Crippen molar-refractivity contribution in [2.75, 3.05) is 91.8 Å². The van der Waals surface area contributed by atoms with Crippen LogP contribution < -0.4 is 36.8 Å². The Morgan fingerprint density at radius 2 is 0.876 bits per heavy atom. The van der Waals surface area contributed by atoms with Crippen molar-refractivity contribution in [3.8, 4) is 12.1 Å². The number of fused-ring (bicyclic) bond motifs is 5. The van der Waals surface area contributed by atoms with Crippen molar-refractivity contribution in [3.05, 3.63) is 127 Å². The Morgan fingerprint density at radius 1 is 0.474 bits per heavy atom. The monoisotopic (exact) mass is 1980 g/mol. The maximum Gasteiger partial charge on any atom is 0.249 e. The molecule has 0 bridgehead atoms. The number of hydrogen-bond acceptors (Lipinski definition) is 20. The molecule has 2 saturated heterocycles. The number of likely N-dealkylation sites (N-methyl/N-ethyl adjacent to an activating group) is 1. The van der Waals surface area contributed by atoms with E-state index < -0.39 is 51.4 Å². The Kier molecular flexibility index (Phi) is 37.6. The predicted octanol–water partition coefficient (Wildman–Crippen LogP) is 23.1. The van der Waals surface area contributed by atoms with E-state index >= 15 is 0 Å². The second-order valence-electron chi connectivity index (χ2n) is 45.5. The highest BCUT2D eigenvalue weighted by molar-refractivity contribution is 6.77. The number of aliphatic imine (C=N–C) groups is 1. The third-order valence-electron chi connectivity index (χ3n) is 28.3. The molecule has 7 heterocycles. The van der Waals surface area contributed by atoms with Gasteiger partial charge in [-0.25, -0.2) is 14.0 Å². The summed E-state index contributed by atoms with van der Waals surface area (Å²) < 4.78 is 34.2. The van der Waals surface area contributed by atoms with Gasteiger partial charge in [0.05, 0.1) is 85.0 Å². The number of amides is 3. The maximum atomic E-state index is 13.0. The molecular formula is C104H160ClN19O8Si5. The molecule has 7 N–H and O–H groups in total. The number of nitriles is 2. The summed E-state index contributed by atoms with van der Waals surface area (Å²) >= 11 is 5.32. The van der Waals surface area contributed by atoms with Gasteiger partial charge in [-0.1, -0.05) is 212 Å². The summed E-state index contributed by atoms with van der Waals surface area (Å²) in [6.07, 6.45) is 35.8. The molecule has 1 atom stereocenters. The quantitative estimate of drug-likeness (QED) is 0.0126. The summed E-state index contributed by atoms with van der Waals surface area (Å²) in [5, 5.41) is 57.2. The van der Waals surface area contributed by atoms with Crippen molar-refractivity contribution < 1.29 is 38.1 Å². The largest absolute Gasteiger partial charge is 0.379 e. The lowest BCUT2D eigenvalue weighted by Gasteiger charge is -2.39. The SMILES string of the molecule is CN1CN(c2ccc3c(c2)C=NC3COCC[Si](C)(C)C)C2(CCCCC2)C1=O.C[Si](C)(C)CCOCCl.C[Si](C)(C)CCOCn1ncc2cc(N3CNC(=O)C34CCCCC4)ccc21.C[Si](C)(C)CCOCn1ncc2cc(NC3(C#N)CCCCC3)ccc21.C[Si](C)(C)CCOCn1ncc2cc(NC3(C(N)=O)CCCCC3)ccc21.N#CC1(Nc2ccc3[nH]ncc3c2)CCCCC1. The number of benzene rings is 5. The lowest BCUT2D eigenvalue weighted by molar-refractivity contribution is -0.132. The first-order valence-electron chi connectivity index (χ1n) is 50.7. The lowest BCUT2D eigenvalue weighted by atomic mass is 9.80. The van der Waals surface area contributed by atoms with Crippen LogP contribution in [0.2, 0.25) is 128 Å². The highest BCUT2D eigenvalue weighted by Gasteiger charge is 2.53. The highest BCUT2D eigenvalue weighted by Crippen LogP contribution is 2.45. The number of alkyl halides is 1. The fourth-order valence-electron chi connectivity index (χ4n) is 19.7. The second kappa shape index (κ2) is 48.1. The summed E-state index contributed by atoms with van der Waals surface area (Å²) in [4.78, 5) is 49.0. The molecule has 746 valence electrons. The van der Waals surface area contributed by atoms with Crippen LogP contribution in [0, 0.1) is 22.7 Å². The van der Waals surface area contributed by atoms with Crippen molar-refractivity contribution in [1.29, 1.82) is 10.5 Å². The van der Waals surface area contributed by atoms with Crippen molar-refractivity contribution >= 4 is 148 Å². The summed E-state index contributed by atoms with van der Waals surface area (Å²) in [7, 11) is -3.22. The number of rotatable bonds is 33. The average molecular weight is 1980 g/mol. The van der Waals surface area contributed by atoms with Gasteiger partial charge < -0.3 is 65.4 Å². The zero-order valence-corrected chi connectivity index (χ0v) is 91.1. The van der Waals surface area contributed by atoms with Crippen molar-refractivity contribution in [1.82, 2.24) is 49.8 Å². The van der Waals surface area contributed by atoms with Gasteiger partial charge in [0.2, 0.25) is 17.7 Å². The number of anilines is 5.